The molecule has 1 unspecified atom stereocenters. The number of ketones is 1. The van der Waals surface area contributed by atoms with Gasteiger partial charge in [-0.1, -0.05) is 64.2 Å². The number of nitrogens with two attached hydrogens (primary N) is 1. The van der Waals surface area contributed by atoms with E-state index in [1.165, 1.54) is 34.7 Å². The molecular weight excluding hydrogens is 615 g/mol. The lowest BCUT2D eigenvalue weighted by Gasteiger charge is -2.38. The predicted molar refractivity (Wildman–Crippen MR) is 157 cm³/mol. The van der Waals surface area contributed by atoms with Crippen LogP contribution in [0.4, 0.5) is 15.2 Å². The molecule has 2 heterocycles. The van der Waals surface area contributed by atoms with Gasteiger partial charge in [0.25, 0.3) is 0 Å². The maximum absolute atomic E-state index is 15.1. The Morgan fingerprint density at radius 2 is 2.05 bits per heavy atom. The Balaban J connectivity index is 1.41. The Bertz CT molecular complexity index is 1590. The van der Waals surface area contributed by atoms with E-state index in [9.17, 15) is 14.9 Å². The van der Waals surface area contributed by atoms with Crippen molar-refractivity contribution in [3.05, 3.63) is 86.5 Å². The number of allylic oxidation sites excluding steroid dienone is 3. The van der Waals surface area contributed by atoms with E-state index >= 15 is 4.39 Å². The highest BCUT2D eigenvalue weighted by molar-refractivity contribution is 9.10. The minimum absolute atomic E-state index is 0.0769. The van der Waals surface area contributed by atoms with Crippen LogP contribution in [-0.4, -0.2) is 27.6 Å². The van der Waals surface area contributed by atoms with Crippen molar-refractivity contribution in [3.63, 3.8) is 0 Å². The molecule has 3 aromatic rings. The first kappa shape index (κ1) is 28.0. The number of hydrogen-bond acceptors (Lipinski definition) is 9. The van der Waals surface area contributed by atoms with Crippen LogP contribution in [-0.2, 0) is 16.0 Å². The van der Waals surface area contributed by atoms with Gasteiger partial charge in [-0.3, -0.25) is 14.5 Å². The van der Waals surface area contributed by atoms with E-state index in [1.54, 1.807) is 17.0 Å². The zero-order chi connectivity index (χ0) is 28.4. The lowest BCUT2D eigenvalue weighted by Crippen LogP contribution is -2.38. The summed E-state index contributed by atoms with van der Waals surface area (Å²) in [7, 11) is 0. The number of nitrogens with one attached hydrogen (secondary N) is 1. The van der Waals surface area contributed by atoms with E-state index in [0.29, 0.717) is 50.2 Å². The number of anilines is 2. The number of carbonyl (C=O) groups excluding carboxylic acids is 2. The molecule has 8 nitrogen and oxygen atoms in total. The summed E-state index contributed by atoms with van der Waals surface area (Å²) in [5.41, 5.74) is 9.69. The Morgan fingerprint density at radius 1 is 1.27 bits per heavy atom. The molecule has 3 N–H and O–H groups in total. The van der Waals surface area contributed by atoms with Gasteiger partial charge in [-0.25, -0.2) is 4.39 Å². The first-order valence-electron chi connectivity index (χ1n) is 12.6. The fraction of sp³-hybridized carbons (Fsp3) is 0.250. The molecule has 204 valence electrons. The highest BCUT2D eigenvalue weighted by atomic mass is 79.9. The highest BCUT2D eigenvalue weighted by Crippen LogP contribution is 2.47. The maximum atomic E-state index is 15.1. The molecule has 0 saturated carbocycles. The van der Waals surface area contributed by atoms with Gasteiger partial charge in [0.1, 0.15) is 11.6 Å². The molecule has 1 atom stereocenters. The van der Waals surface area contributed by atoms with Crippen LogP contribution in [0.25, 0.3) is 0 Å². The summed E-state index contributed by atoms with van der Waals surface area (Å²) in [5, 5.41) is 21.9. The van der Waals surface area contributed by atoms with Gasteiger partial charge < -0.3 is 11.1 Å². The van der Waals surface area contributed by atoms with E-state index in [0.717, 1.165) is 6.42 Å². The van der Waals surface area contributed by atoms with Crippen LogP contribution in [0, 0.1) is 17.1 Å². The summed E-state index contributed by atoms with van der Waals surface area (Å²) in [6.07, 6.45) is 2.33. The molecule has 12 heteroatoms. The van der Waals surface area contributed by atoms with Crippen molar-refractivity contribution >= 4 is 61.5 Å². The fourth-order valence-corrected chi connectivity index (χ4v) is 6.86. The molecule has 5 rings (SSSR count). The molecule has 40 heavy (non-hydrogen) atoms. The summed E-state index contributed by atoms with van der Waals surface area (Å²) in [6.45, 7) is 2.07. The Kier molecular flexibility index (Phi) is 8.35. The number of halogens is 2. The SMILES string of the molecule is CCc1ccc(NC(=O)CSc2nnc(N3C(N)=C(C#N)C(c4ccc(Br)cc4F)C4=C3CCCC4=O)s2)cc1. The van der Waals surface area contributed by atoms with Crippen molar-refractivity contribution in [1.82, 2.24) is 10.2 Å². The second-order valence-electron chi connectivity index (χ2n) is 9.22. The Hall–Kier alpha value is -3.53. The average molecular weight is 640 g/mol. The standard InChI is InChI=1S/C28H24BrFN6O2S2/c1-2-15-6-9-17(10-7-15)33-23(38)14-39-28-35-34-27(40-28)36-21-4-3-5-22(37)25(21)24(19(13-31)26(36)32)18-11-8-16(29)12-20(18)30/h6-12,24H,2-5,14,32H2,1H3,(H,33,38). The Morgan fingerprint density at radius 3 is 2.75 bits per heavy atom. The second-order valence-corrected chi connectivity index (χ2v) is 12.3. The zero-order valence-corrected chi connectivity index (χ0v) is 24.6. The van der Waals surface area contributed by atoms with Crippen LogP contribution >= 0.6 is 39.0 Å². The molecule has 1 aromatic heterocycles. The summed E-state index contributed by atoms with van der Waals surface area (Å²) in [6, 6.07) is 14.4. The summed E-state index contributed by atoms with van der Waals surface area (Å²) in [4.78, 5) is 27.3. The Labute approximate surface area is 247 Å². The van der Waals surface area contributed by atoms with Gasteiger partial charge in [0.2, 0.25) is 11.0 Å². The molecule has 2 aliphatic rings. The number of benzene rings is 2. The quantitative estimate of drug-likeness (QED) is 0.300. The first-order chi connectivity index (χ1) is 19.3. The van der Waals surface area contributed by atoms with Crippen molar-refractivity contribution in [3.8, 4) is 6.07 Å². The number of aromatic nitrogens is 2. The van der Waals surface area contributed by atoms with E-state index in [1.807, 2.05) is 24.3 Å². The van der Waals surface area contributed by atoms with Crippen molar-refractivity contribution in [2.75, 3.05) is 16.0 Å². The number of rotatable bonds is 7. The number of carbonyl (C=O) groups is 2. The van der Waals surface area contributed by atoms with Crippen LogP contribution in [0.3, 0.4) is 0 Å². The van der Waals surface area contributed by atoms with E-state index in [-0.39, 0.29) is 34.4 Å². The molecule has 0 bridgehead atoms. The normalized spacial score (nSPS) is 17.1. The van der Waals surface area contributed by atoms with Crippen LogP contribution in [0.1, 0.15) is 43.2 Å². The molecule has 2 aromatic carbocycles. The number of aryl methyl sites for hydroxylation is 1. The lowest BCUT2D eigenvalue weighted by molar-refractivity contribution is -0.116. The molecule has 1 aliphatic carbocycles. The van der Waals surface area contributed by atoms with E-state index in [4.69, 9.17) is 5.73 Å². The van der Waals surface area contributed by atoms with Crippen molar-refractivity contribution in [1.29, 1.82) is 5.26 Å². The zero-order valence-electron chi connectivity index (χ0n) is 21.4. The van der Waals surface area contributed by atoms with E-state index < -0.39 is 11.7 Å². The smallest absolute Gasteiger partial charge is 0.234 e. The number of nitriles is 1. The number of amides is 1. The summed E-state index contributed by atoms with van der Waals surface area (Å²) in [5.74, 6) is -1.57. The van der Waals surface area contributed by atoms with Crippen LogP contribution in [0.15, 0.2) is 73.9 Å². The third kappa shape index (κ3) is 5.54. The lowest BCUT2D eigenvalue weighted by atomic mass is 9.75. The topological polar surface area (TPSA) is 125 Å². The molecule has 0 radical (unpaired) electrons. The predicted octanol–water partition coefficient (Wildman–Crippen LogP) is 6.04. The molecule has 0 spiro atoms. The van der Waals surface area contributed by atoms with Crippen molar-refractivity contribution in [2.45, 2.75) is 42.9 Å². The first-order valence-corrected chi connectivity index (χ1v) is 15.2. The third-order valence-electron chi connectivity index (χ3n) is 6.75. The average Bonchev–Trinajstić information content (AvgIpc) is 3.40. The van der Waals surface area contributed by atoms with Gasteiger partial charge in [0.05, 0.1) is 23.3 Å². The molecule has 1 aliphatic heterocycles. The number of thioether (sulfide) groups is 1. The van der Waals surface area contributed by atoms with E-state index in [2.05, 4.69) is 44.4 Å². The number of nitrogens with zero attached hydrogens (tertiary/aromatic N) is 4. The summed E-state index contributed by atoms with van der Waals surface area (Å²) < 4.78 is 16.2. The summed E-state index contributed by atoms with van der Waals surface area (Å²) >= 11 is 5.69. The van der Waals surface area contributed by atoms with Gasteiger partial charge in [0, 0.05) is 33.4 Å². The van der Waals surface area contributed by atoms with Gasteiger partial charge >= 0.3 is 0 Å². The largest absolute Gasteiger partial charge is 0.384 e. The molecule has 0 saturated heterocycles. The van der Waals surface area contributed by atoms with Crippen molar-refractivity contribution < 1.29 is 14.0 Å². The third-order valence-corrected chi connectivity index (χ3v) is 9.28. The van der Waals surface area contributed by atoms with Gasteiger partial charge in [-0.05, 0) is 49.1 Å². The highest BCUT2D eigenvalue weighted by Gasteiger charge is 2.42. The minimum Gasteiger partial charge on any atom is -0.384 e. The minimum atomic E-state index is -0.908. The number of hydrogen-bond donors (Lipinski definition) is 2. The van der Waals surface area contributed by atoms with Gasteiger partial charge in [-0.15, -0.1) is 10.2 Å². The van der Waals surface area contributed by atoms with Crippen molar-refractivity contribution in [2.24, 2.45) is 5.73 Å². The molecular formula is C28H24BrFN6O2S2. The monoisotopic (exact) mass is 638 g/mol. The molecule has 0 fully saturated rings. The second kappa shape index (κ2) is 11.9. The van der Waals surface area contributed by atoms with Crippen LogP contribution in [0.2, 0.25) is 0 Å². The van der Waals surface area contributed by atoms with Gasteiger partial charge in [0.15, 0.2) is 10.1 Å². The van der Waals surface area contributed by atoms with Gasteiger partial charge in [-0.2, -0.15) is 5.26 Å². The van der Waals surface area contributed by atoms with Crippen LogP contribution in [0.5, 0.6) is 0 Å². The molecule has 1 amide bonds. The van der Waals surface area contributed by atoms with Crippen LogP contribution < -0.4 is 16.0 Å². The number of Topliss-reactive ketones (excluding diaryl/α,β-unsaturated/α-hetero) is 1. The maximum Gasteiger partial charge on any atom is 0.234 e. The fourth-order valence-electron chi connectivity index (χ4n) is 4.85.